The number of rotatable bonds is 8. The molecule has 2 aliphatic heterocycles. The van der Waals surface area contributed by atoms with Crippen molar-refractivity contribution in [3.05, 3.63) is 144 Å². The molecular weight excluding hydrogens is 1030 g/mol. The van der Waals surface area contributed by atoms with Crippen LogP contribution in [0, 0.1) is 0 Å². The summed E-state index contributed by atoms with van der Waals surface area (Å²) in [6.07, 6.45) is 6.79. The first-order valence-corrected chi connectivity index (χ1v) is 24.4. The Kier molecular flexibility index (Phi) is 17.3. The van der Waals surface area contributed by atoms with Crippen LogP contribution >= 0.6 is 0 Å². The molecule has 0 saturated carbocycles. The second-order valence-electron chi connectivity index (χ2n) is 14.4. The molecule has 0 fully saturated rings. The smallest absolute Gasteiger partial charge is 0.657 e. The van der Waals surface area contributed by atoms with Crippen LogP contribution in [0.5, 0.6) is 0 Å². The van der Waals surface area contributed by atoms with Crippen LogP contribution in [0.15, 0.2) is 141 Å². The topological polar surface area (TPSA) is 271 Å². The van der Waals surface area contributed by atoms with Crippen LogP contribution in [0.3, 0.4) is 0 Å². The molecule has 0 spiro atoms. The zero-order valence-corrected chi connectivity index (χ0v) is 46.1. The van der Waals surface area contributed by atoms with Crippen molar-refractivity contribution in [2.24, 2.45) is 0 Å². The van der Waals surface area contributed by atoms with Gasteiger partial charge in [-0.25, -0.2) is 9.97 Å². The Morgan fingerprint density at radius 2 is 0.485 bits per heavy atom. The van der Waals surface area contributed by atoms with E-state index in [9.17, 15) is 51.9 Å². The molecule has 8 bridgehead atoms. The summed E-state index contributed by atoms with van der Waals surface area (Å²) in [4.78, 5) is 18.7. The monoisotopic (exact) mass is 1060 g/mol. The van der Waals surface area contributed by atoms with E-state index in [1.807, 2.05) is 0 Å². The number of benzene rings is 4. The Balaban J connectivity index is 0.00000216. The van der Waals surface area contributed by atoms with Gasteiger partial charge in [-0.2, -0.15) is 33.7 Å². The number of nitrogens with zero attached hydrogens (tertiary/aromatic N) is 4. The minimum absolute atomic E-state index is 0. The Labute approximate surface area is 466 Å². The number of hydrogen-bond acceptors (Lipinski definition) is 10. The predicted octanol–water partition coefficient (Wildman–Crippen LogP) is -1.42. The molecule has 3 aromatic heterocycles. The molecule has 0 saturated heterocycles. The SMILES string of the molecule is O=S(=O)(O)c1ccc(-c2c3nc(c(-c4ccc(S(=O)(=O)O)cc4)c4ccc([n-]4)c(-c4ccc(S(=O)(=O)O)cc4)c4nc(c(-c5ccc(S(=O)(=O)O)cc5)c5ccc2[n-]5)C=C4)C=C3)cc1.[Fe].[Na+].[Na+].[Na+]. The van der Waals surface area contributed by atoms with Crippen LogP contribution in [0.2, 0.25) is 0 Å². The van der Waals surface area contributed by atoms with Crippen molar-refractivity contribution < 1.29 is 158 Å². The fraction of sp³-hybridized carbons (Fsp3) is 0. The molecular formula is C44H28FeN4Na3O12S4+. The molecule has 4 N–H and O–H groups in total. The van der Waals surface area contributed by atoms with Gasteiger partial charge in [0.25, 0.3) is 40.5 Å². The van der Waals surface area contributed by atoms with Crippen LogP contribution in [0.1, 0.15) is 22.8 Å². The Hall–Kier alpha value is -3.36. The van der Waals surface area contributed by atoms with Gasteiger partial charge in [-0.1, -0.05) is 72.8 Å². The van der Waals surface area contributed by atoms with Crippen molar-refractivity contribution in [3.8, 4) is 44.5 Å². The summed E-state index contributed by atoms with van der Waals surface area (Å²) in [6, 6.07) is 28.4. The van der Waals surface area contributed by atoms with Crippen LogP contribution < -0.4 is 98.6 Å². The molecule has 0 amide bonds. The van der Waals surface area contributed by atoms with Gasteiger partial charge in [-0.05, 0) is 117 Å². The van der Waals surface area contributed by atoms with Crippen molar-refractivity contribution in [2.45, 2.75) is 19.6 Å². The second kappa shape index (κ2) is 21.2. The van der Waals surface area contributed by atoms with Gasteiger partial charge >= 0.3 is 88.7 Å². The first kappa shape index (κ1) is 55.6. The van der Waals surface area contributed by atoms with Crippen LogP contribution in [-0.2, 0) is 57.5 Å². The van der Waals surface area contributed by atoms with E-state index in [-0.39, 0.29) is 125 Å². The summed E-state index contributed by atoms with van der Waals surface area (Å²) in [5, 5.41) is 0. The summed E-state index contributed by atoms with van der Waals surface area (Å²) < 4.78 is 135. The van der Waals surface area contributed by atoms with Crippen molar-refractivity contribution in [2.75, 3.05) is 0 Å². The van der Waals surface area contributed by atoms with Gasteiger partial charge in [-0.3, -0.25) is 18.2 Å². The van der Waals surface area contributed by atoms with Gasteiger partial charge < -0.3 is 9.97 Å². The summed E-state index contributed by atoms with van der Waals surface area (Å²) in [5.74, 6) is 0. The molecule has 9 rings (SSSR count). The Bertz CT molecular complexity index is 3320. The van der Waals surface area contributed by atoms with E-state index >= 15 is 0 Å². The third kappa shape index (κ3) is 11.4. The average Bonchev–Trinajstić information content (AvgIpc) is 4.08. The van der Waals surface area contributed by atoms with Gasteiger partial charge in [-0.15, -0.1) is 22.1 Å². The third-order valence-corrected chi connectivity index (χ3v) is 13.8. The Morgan fingerprint density at radius 3 is 0.647 bits per heavy atom. The Morgan fingerprint density at radius 1 is 0.309 bits per heavy atom. The van der Waals surface area contributed by atoms with Crippen molar-refractivity contribution in [3.63, 3.8) is 0 Å². The molecule has 24 heteroatoms. The molecule has 0 unspecified atom stereocenters. The largest absolute Gasteiger partial charge is 1.00 e. The van der Waals surface area contributed by atoms with Crippen LogP contribution in [0.25, 0.3) is 90.9 Å². The van der Waals surface area contributed by atoms with Crippen LogP contribution in [-0.4, -0.2) is 61.9 Å². The average molecular weight is 1060 g/mol. The normalized spacial score (nSPS) is 12.3. The van der Waals surface area contributed by atoms with Crippen molar-refractivity contribution in [1.29, 1.82) is 0 Å². The zero-order valence-electron chi connectivity index (χ0n) is 35.7. The van der Waals surface area contributed by atoms with E-state index in [1.165, 1.54) is 97.1 Å². The van der Waals surface area contributed by atoms with E-state index in [0.717, 1.165) is 0 Å². The molecule has 0 radical (unpaired) electrons. The molecule has 0 aliphatic carbocycles. The molecule has 4 aromatic carbocycles. The molecule has 330 valence electrons. The van der Waals surface area contributed by atoms with E-state index in [0.29, 0.717) is 89.4 Å². The molecule has 16 nitrogen and oxygen atoms in total. The number of aromatic nitrogens is 4. The minimum Gasteiger partial charge on any atom is -0.657 e. The third-order valence-electron chi connectivity index (χ3n) is 10.4. The first-order chi connectivity index (χ1) is 30.2. The number of fused-ring (bicyclic) bond motifs is 8. The van der Waals surface area contributed by atoms with E-state index in [2.05, 4.69) is 0 Å². The number of hydrogen-bond donors (Lipinski definition) is 4. The molecule has 5 heterocycles. The van der Waals surface area contributed by atoms with Crippen molar-refractivity contribution in [1.82, 2.24) is 19.9 Å². The molecule has 7 aromatic rings. The molecule has 0 atom stereocenters. The summed E-state index contributed by atoms with van der Waals surface area (Å²) in [5.41, 5.74) is 6.28. The van der Waals surface area contributed by atoms with Crippen LogP contribution in [0.4, 0.5) is 0 Å². The van der Waals surface area contributed by atoms with Gasteiger partial charge in [0.05, 0.1) is 42.4 Å². The van der Waals surface area contributed by atoms with E-state index in [4.69, 9.17) is 19.9 Å². The predicted molar refractivity (Wildman–Crippen MR) is 238 cm³/mol. The van der Waals surface area contributed by atoms with Gasteiger partial charge in [0.2, 0.25) is 0 Å². The summed E-state index contributed by atoms with van der Waals surface area (Å²) in [7, 11) is -18.2. The minimum atomic E-state index is -4.56. The first-order valence-electron chi connectivity index (χ1n) is 18.6. The molecule has 68 heavy (non-hydrogen) atoms. The van der Waals surface area contributed by atoms with Gasteiger partial charge in [0.15, 0.2) is 0 Å². The summed E-state index contributed by atoms with van der Waals surface area (Å²) in [6.45, 7) is 0. The van der Waals surface area contributed by atoms with Crippen molar-refractivity contribution >= 4 is 86.8 Å². The zero-order chi connectivity index (χ0) is 45.3. The quantitative estimate of drug-likeness (QED) is 0.100. The standard InChI is InChI=1S/C44H28N4O12S4.Fe.3Na/c49-61(50,51)29-9-1-25(2-10-29)41-33-17-19-35(45-33)42(26-3-11-30(12-4-26)62(52,53)54)37-21-23-39(47-37)44(28-7-15-32(16-8-28)64(58,59)60)40-24-22-38(48-40)43(36-20-18-34(41)46-36)27-5-13-31(14-6-27)63(55,56)57;;;;/h1-24H,(H,49,50,51)(H,52,53,54)(H,55,56,57)(H,58,59,60);;;;/q-2;;3*+1. The van der Waals surface area contributed by atoms with E-state index < -0.39 is 40.5 Å². The molecule has 2 aliphatic rings. The second-order valence-corrected chi connectivity index (χ2v) is 20.0. The maximum Gasteiger partial charge on any atom is 1.00 e. The maximum absolute atomic E-state index is 12.0. The van der Waals surface area contributed by atoms with Gasteiger partial charge in [0, 0.05) is 17.1 Å². The van der Waals surface area contributed by atoms with Gasteiger partial charge in [0.1, 0.15) is 0 Å². The fourth-order valence-electron chi connectivity index (χ4n) is 7.44. The van der Waals surface area contributed by atoms with E-state index in [1.54, 1.807) is 48.6 Å². The maximum atomic E-state index is 12.0. The fourth-order valence-corrected chi connectivity index (χ4v) is 9.36. The summed E-state index contributed by atoms with van der Waals surface area (Å²) >= 11 is 0.